The van der Waals surface area contributed by atoms with Crippen molar-refractivity contribution in [2.75, 3.05) is 7.05 Å². The van der Waals surface area contributed by atoms with Crippen LogP contribution in [0.15, 0.2) is 29.6 Å². The van der Waals surface area contributed by atoms with E-state index in [1.165, 1.54) is 11.1 Å². The van der Waals surface area contributed by atoms with Crippen molar-refractivity contribution in [2.45, 2.75) is 26.3 Å². The highest BCUT2D eigenvalue weighted by Gasteiger charge is 2.22. The second-order valence-corrected chi connectivity index (χ2v) is 5.59. The zero-order valence-electron chi connectivity index (χ0n) is 10.7. The fourth-order valence-electron chi connectivity index (χ4n) is 1.65. The summed E-state index contributed by atoms with van der Waals surface area (Å²) in [7, 11) is 1.97. The average Bonchev–Trinajstić information content (AvgIpc) is 2.79. The van der Waals surface area contributed by atoms with Gasteiger partial charge in [-0.2, -0.15) is 0 Å². The molecule has 17 heavy (non-hydrogen) atoms. The summed E-state index contributed by atoms with van der Waals surface area (Å²) < 4.78 is 0. The maximum absolute atomic E-state index is 4.74. The molecule has 1 N–H and O–H groups in total. The van der Waals surface area contributed by atoms with Gasteiger partial charge < -0.3 is 5.32 Å². The standard InChI is InChI=1S/C14H18N2S/c1-10-7-5-6-8-11(10)12-9-17-13(16-12)14(2,3)15-4/h5-9,15H,1-4H3. The van der Waals surface area contributed by atoms with E-state index in [2.05, 4.69) is 55.7 Å². The van der Waals surface area contributed by atoms with Crippen LogP contribution in [0.1, 0.15) is 24.4 Å². The lowest BCUT2D eigenvalue weighted by Gasteiger charge is -2.20. The molecule has 0 radical (unpaired) electrons. The minimum Gasteiger partial charge on any atom is -0.309 e. The first kappa shape index (κ1) is 12.3. The van der Waals surface area contributed by atoms with Gasteiger partial charge in [0.1, 0.15) is 5.01 Å². The van der Waals surface area contributed by atoms with Crippen molar-refractivity contribution < 1.29 is 0 Å². The van der Waals surface area contributed by atoms with Gasteiger partial charge in [-0.3, -0.25) is 0 Å². The maximum atomic E-state index is 4.74. The minimum absolute atomic E-state index is 0.0639. The van der Waals surface area contributed by atoms with Crippen molar-refractivity contribution in [3.05, 3.63) is 40.2 Å². The van der Waals surface area contributed by atoms with Crippen LogP contribution in [0.2, 0.25) is 0 Å². The van der Waals surface area contributed by atoms with Crippen molar-refractivity contribution in [1.29, 1.82) is 0 Å². The highest BCUT2D eigenvalue weighted by Crippen LogP contribution is 2.29. The summed E-state index contributed by atoms with van der Waals surface area (Å²) in [5.41, 5.74) is 3.51. The Kier molecular flexibility index (Phi) is 3.31. The van der Waals surface area contributed by atoms with Crippen LogP contribution in [-0.2, 0) is 5.54 Å². The quantitative estimate of drug-likeness (QED) is 0.895. The van der Waals surface area contributed by atoms with Gasteiger partial charge in [-0.25, -0.2) is 4.98 Å². The number of nitrogens with zero attached hydrogens (tertiary/aromatic N) is 1. The molecule has 1 aromatic heterocycles. The third-order valence-electron chi connectivity index (χ3n) is 3.08. The van der Waals surface area contributed by atoms with Crippen LogP contribution in [0.5, 0.6) is 0 Å². The first-order valence-corrected chi connectivity index (χ1v) is 6.63. The number of aryl methyl sites for hydroxylation is 1. The Morgan fingerprint density at radius 2 is 1.94 bits per heavy atom. The summed E-state index contributed by atoms with van der Waals surface area (Å²) in [6, 6.07) is 8.37. The van der Waals surface area contributed by atoms with Crippen LogP contribution in [0.25, 0.3) is 11.3 Å². The zero-order chi connectivity index (χ0) is 12.5. The van der Waals surface area contributed by atoms with E-state index in [0.717, 1.165) is 10.7 Å². The van der Waals surface area contributed by atoms with E-state index in [-0.39, 0.29) is 5.54 Å². The van der Waals surface area contributed by atoms with E-state index in [4.69, 9.17) is 4.98 Å². The van der Waals surface area contributed by atoms with E-state index in [1.807, 2.05) is 7.05 Å². The number of aromatic nitrogens is 1. The second kappa shape index (κ2) is 4.59. The van der Waals surface area contributed by atoms with Crippen LogP contribution in [0, 0.1) is 6.92 Å². The van der Waals surface area contributed by atoms with E-state index in [1.54, 1.807) is 11.3 Å². The fraction of sp³-hybridized carbons (Fsp3) is 0.357. The predicted octanol–water partition coefficient (Wildman–Crippen LogP) is 3.57. The number of nitrogens with one attached hydrogen (secondary N) is 1. The number of benzene rings is 1. The molecule has 0 bridgehead atoms. The van der Waals surface area contributed by atoms with Gasteiger partial charge >= 0.3 is 0 Å². The molecule has 0 fully saturated rings. The molecule has 3 heteroatoms. The molecule has 0 aliphatic carbocycles. The van der Waals surface area contributed by atoms with Crippen molar-refractivity contribution in [2.24, 2.45) is 0 Å². The summed E-state index contributed by atoms with van der Waals surface area (Å²) in [6.07, 6.45) is 0. The smallest absolute Gasteiger partial charge is 0.113 e. The highest BCUT2D eigenvalue weighted by atomic mass is 32.1. The molecule has 0 spiro atoms. The normalized spacial score (nSPS) is 11.8. The molecule has 0 saturated heterocycles. The molecular formula is C14H18N2S. The van der Waals surface area contributed by atoms with Gasteiger partial charge in [0.15, 0.2) is 0 Å². The monoisotopic (exact) mass is 246 g/mol. The van der Waals surface area contributed by atoms with E-state index >= 15 is 0 Å². The Balaban J connectivity index is 2.40. The zero-order valence-corrected chi connectivity index (χ0v) is 11.6. The molecule has 90 valence electrons. The van der Waals surface area contributed by atoms with Crippen LogP contribution in [0.3, 0.4) is 0 Å². The summed E-state index contributed by atoms with van der Waals surface area (Å²) in [4.78, 5) is 4.74. The summed E-state index contributed by atoms with van der Waals surface area (Å²) >= 11 is 1.71. The molecule has 0 aliphatic heterocycles. The van der Waals surface area contributed by atoms with Gasteiger partial charge in [-0.1, -0.05) is 24.3 Å². The maximum Gasteiger partial charge on any atom is 0.113 e. The molecule has 2 nitrogen and oxygen atoms in total. The van der Waals surface area contributed by atoms with Crippen LogP contribution in [-0.4, -0.2) is 12.0 Å². The molecule has 2 rings (SSSR count). The first-order chi connectivity index (χ1) is 8.04. The number of rotatable bonds is 3. The van der Waals surface area contributed by atoms with Crippen LogP contribution in [0.4, 0.5) is 0 Å². The average molecular weight is 246 g/mol. The predicted molar refractivity (Wildman–Crippen MR) is 74.4 cm³/mol. The lowest BCUT2D eigenvalue weighted by molar-refractivity contribution is 0.442. The summed E-state index contributed by atoms with van der Waals surface area (Å²) in [6.45, 7) is 6.42. The third kappa shape index (κ3) is 2.40. The molecular weight excluding hydrogens is 228 g/mol. The molecule has 2 aromatic rings. The van der Waals surface area contributed by atoms with Gasteiger partial charge in [0.05, 0.1) is 11.2 Å². The van der Waals surface area contributed by atoms with E-state index in [9.17, 15) is 0 Å². The Morgan fingerprint density at radius 1 is 1.24 bits per heavy atom. The van der Waals surface area contributed by atoms with Gasteiger partial charge in [0.25, 0.3) is 0 Å². The molecule has 0 atom stereocenters. The van der Waals surface area contributed by atoms with Crippen molar-refractivity contribution in [3.63, 3.8) is 0 Å². The van der Waals surface area contributed by atoms with Crippen molar-refractivity contribution in [3.8, 4) is 11.3 Å². The van der Waals surface area contributed by atoms with Gasteiger partial charge in [-0.15, -0.1) is 11.3 Å². The van der Waals surface area contributed by atoms with Crippen LogP contribution >= 0.6 is 11.3 Å². The minimum atomic E-state index is -0.0639. The summed E-state index contributed by atoms with van der Waals surface area (Å²) in [5, 5.41) is 6.54. The second-order valence-electron chi connectivity index (χ2n) is 4.73. The van der Waals surface area contributed by atoms with Gasteiger partial charge in [-0.05, 0) is 33.4 Å². The van der Waals surface area contributed by atoms with Crippen molar-refractivity contribution in [1.82, 2.24) is 10.3 Å². The Bertz CT molecular complexity index is 514. The van der Waals surface area contributed by atoms with E-state index in [0.29, 0.717) is 0 Å². The summed E-state index contributed by atoms with van der Waals surface area (Å²) in [5.74, 6) is 0. The van der Waals surface area contributed by atoms with Crippen LogP contribution < -0.4 is 5.32 Å². The Morgan fingerprint density at radius 3 is 2.59 bits per heavy atom. The molecule has 1 aromatic carbocycles. The Labute approximate surface area is 107 Å². The molecule has 0 aliphatic rings. The fourth-order valence-corrected chi connectivity index (χ4v) is 2.60. The topological polar surface area (TPSA) is 24.9 Å². The van der Waals surface area contributed by atoms with E-state index < -0.39 is 0 Å². The third-order valence-corrected chi connectivity index (χ3v) is 4.25. The lowest BCUT2D eigenvalue weighted by Crippen LogP contribution is -2.32. The van der Waals surface area contributed by atoms with Crippen molar-refractivity contribution >= 4 is 11.3 Å². The largest absolute Gasteiger partial charge is 0.309 e. The Hall–Kier alpha value is -1.19. The molecule has 0 unspecified atom stereocenters. The number of hydrogen-bond acceptors (Lipinski definition) is 3. The first-order valence-electron chi connectivity index (χ1n) is 5.75. The molecule has 0 amide bonds. The SMILES string of the molecule is CNC(C)(C)c1nc(-c2ccccc2C)cs1. The number of thiazole rings is 1. The molecule has 1 heterocycles. The molecule has 0 saturated carbocycles. The number of hydrogen-bond donors (Lipinski definition) is 1. The highest BCUT2D eigenvalue weighted by molar-refractivity contribution is 7.10. The van der Waals surface area contributed by atoms with Gasteiger partial charge in [0.2, 0.25) is 0 Å². The van der Waals surface area contributed by atoms with Gasteiger partial charge in [0, 0.05) is 10.9 Å². The lowest BCUT2D eigenvalue weighted by atomic mass is 10.1.